The van der Waals surface area contributed by atoms with Crippen LogP contribution in [-0.4, -0.2) is 16.3 Å². The molecule has 5 heteroatoms. The van der Waals surface area contributed by atoms with Crippen molar-refractivity contribution in [2.24, 2.45) is 0 Å². The number of hydrogen-bond acceptors (Lipinski definition) is 3. The molecule has 4 nitrogen and oxygen atoms in total. The van der Waals surface area contributed by atoms with Gasteiger partial charge in [-0.2, -0.15) is 0 Å². The number of amides is 1. The normalized spacial score (nSPS) is 12.5. The van der Waals surface area contributed by atoms with E-state index in [1.165, 1.54) is 5.38 Å². The monoisotopic (exact) mass is 200 g/mol. The summed E-state index contributed by atoms with van der Waals surface area (Å²) in [5.74, 6) is -0.295. The van der Waals surface area contributed by atoms with E-state index < -0.39 is 0 Å². The van der Waals surface area contributed by atoms with Crippen molar-refractivity contribution in [1.29, 1.82) is 0 Å². The summed E-state index contributed by atoms with van der Waals surface area (Å²) in [5.41, 5.74) is -0.115. The van der Waals surface area contributed by atoms with Gasteiger partial charge in [0.05, 0.1) is 0 Å². The van der Waals surface area contributed by atoms with Gasteiger partial charge in [-0.1, -0.05) is 18.5 Å². The lowest BCUT2D eigenvalue weighted by Crippen LogP contribution is -2.34. The van der Waals surface area contributed by atoms with Gasteiger partial charge in [-0.25, -0.2) is 0 Å². The average Bonchev–Trinajstić information content (AvgIpc) is 2.51. The topological polar surface area (TPSA) is 62.0 Å². The quantitative estimate of drug-likeness (QED) is 0.763. The Labute approximate surface area is 80.1 Å². The molecule has 0 aliphatic rings. The maximum Gasteiger partial charge on any atom is 0.270 e. The summed E-state index contributed by atoms with van der Waals surface area (Å²) < 4.78 is 2.47. The zero-order valence-electron chi connectivity index (χ0n) is 7.59. The SMILES string of the molecule is CCC(C)NC(=O)c1cs[nH]c1=O. The predicted octanol–water partition coefficient (Wildman–Crippen LogP) is 0.965. The van der Waals surface area contributed by atoms with Gasteiger partial charge >= 0.3 is 0 Å². The van der Waals surface area contributed by atoms with Crippen LogP contribution in [0, 0.1) is 0 Å². The highest BCUT2D eigenvalue weighted by molar-refractivity contribution is 7.03. The molecule has 1 aromatic rings. The molecule has 1 rings (SSSR count). The molecule has 0 saturated carbocycles. The second-order valence-electron chi connectivity index (χ2n) is 2.86. The van der Waals surface area contributed by atoms with E-state index in [1.54, 1.807) is 0 Å². The molecule has 0 saturated heterocycles. The number of hydrogen-bond donors (Lipinski definition) is 2. The number of carbonyl (C=O) groups excluding carboxylic acids is 1. The van der Waals surface area contributed by atoms with Gasteiger partial charge in [0.2, 0.25) is 0 Å². The molecule has 0 aliphatic heterocycles. The van der Waals surface area contributed by atoms with E-state index >= 15 is 0 Å². The van der Waals surface area contributed by atoms with E-state index in [4.69, 9.17) is 0 Å². The highest BCUT2D eigenvalue weighted by Crippen LogP contribution is 1.97. The van der Waals surface area contributed by atoms with Crippen LogP contribution in [-0.2, 0) is 0 Å². The second-order valence-corrected chi connectivity index (χ2v) is 3.54. The number of rotatable bonds is 3. The first kappa shape index (κ1) is 9.98. The van der Waals surface area contributed by atoms with Crippen molar-refractivity contribution in [1.82, 2.24) is 9.69 Å². The second kappa shape index (κ2) is 4.23. The van der Waals surface area contributed by atoms with Gasteiger partial charge in [0.25, 0.3) is 11.5 Å². The summed E-state index contributed by atoms with van der Waals surface area (Å²) in [4.78, 5) is 22.4. The van der Waals surface area contributed by atoms with Crippen molar-refractivity contribution in [3.63, 3.8) is 0 Å². The van der Waals surface area contributed by atoms with Crippen molar-refractivity contribution in [2.75, 3.05) is 0 Å². The molecule has 1 unspecified atom stereocenters. The fourth-order valence-corrected chi connectivity index (χ4v) is 1.42. The molecule has 0 spiro atoms. The van der Waals surface area contributed by atoms with Gasteiger partial charge in [-0.05, 0) is 13.3 Å². The van der Waals surface area contributed by atoms with Crippen LogP contribution in [0.4, 0.5) is 0 Å². The Kier molecular flexibility index (Phi) is 3.25. The van der Waals surface area contributed by atoms with Crippen LogP contribution in [0.2, 0.25) is 0 Å². The lowest BCUT2D eigenvalue weighted by atomic mass is 10.2. The fourth-order valence-electron chi connectivity index (χ4n) is 0.811. The van der Waals surface area contributed by atoms with Crippen LogP contribution < -0.4 is 10.9 Å². The molecular weight excluding hydrogens is 188 g/mol. The number of nitrogens with one attached hydrogen (secondary N) is 2. The van der Waals surface area contributed by atoms with Crippen molar-refractivity contribution in [2.45, 2.75) is 26.3 Å². The summed E-state index contributed by atoms with van der Waals surface area (Å²) >= 11 is 1.13. The first-order valence-electron chi connectivity index (χ1n) is 4.12. The lowest BCUT2D eigenvalue weighted by molar-refractivity contribution is 0.0938. The van der Waals surface area contributed by atoms with Crippen LogP contribution in [0.1, 0.15) is 30.6 Å². The van der Waals surface area contributed by atoms with E-state index in [0.717, 1.165) is 18.0 Å². The van der Waals surface area contributed by atoms with E-state index in [0.29, 0.717) is 0 Å². The number of carbonyl (C=O) groups is 1. The van der Waals surface area contributed by atoms with Crippen LogP contribution >= 0.6 is 11.5 Å². The molecule has 13 heavy (non-hydrogen) atoms. The highest BCUT2D eigenvalue weighted by atomic mass is 32.1. The van der Waals surface area contributed by atoms with E-state index in [-0.39, 0.29) is 23.1 Å². The molecule has 1 heterocycles. The third-order valence-corrected chi connectivity index (χ3v) is 2.46. The summed E-state index contributed by atoms with van der Waals surface area (Å²) in [6, 6.07) is 0.104. The Bertz CT molecular complexity index is 342. The Hall–Kier alpha value is -1.10. The minimum atomic E-state index is -0.314. The van der Waals surface area contributed by atoms with Gasteiger partial charge in [-0.3, -0.25) is 14.0 Å². The minimum absolute atomic E-state index is 0.104. The minimum Gasteiger partial charge on any atom is -0.349 e. The zero-order valence-corrected chi connectivity index (χ0v) is 8.40. The molecule has 1 atom stereocenters. The van der Waals surface area contributed by atoms with Crippen LogP contribution in [0.5, 0.6) is 0 Å². The summed E-state index contributed by atoms with van der Waals surface area (Å²) in [7, 11) is 0. The first-order chi connectivity index (χ1) is 6.15. The standard InChI is InChI=1S/C8H12N2O2S/c1-3-5(2)9-7(11)6-4-13-10-8(6)12/h4-5H,3H2,1-2H3,(H,9,11)(H,10,12). The number of aromatic nitrogens is 1. The predicted molar refractivity (Wildman–Crippen MR) is 52.2 cm³/mol. The average molecular weight is 200 g/mol. The summed E-state index contributed by atoms with van der Waals surface area (Å²) in [5, 5.41) is 4.25. The third-order valence-electron chi connectivity index (χ3n) is 1.81. The van der Waals surface area contributed by atoms with Crippen molar-refractivity contribution in [3.05, 3.63) is 21.3 Å². The first-order valence-corrected chi connectivity index (χ1v) is 5.00. The smallest absolute Gasteiger partial charge is 0.270 e. The number of H-pyrrole nitrogens is 1. The van der Waals surface area contributed by atoms with Gasteiger partial charge in [0, 0.05) is 11.4 Å². The summed E-state index contributed by atoms with van der Waals surface area (Å²) in [6.45, 7) is 3.88. The molecule has 0 aromatic carbocycles. The Morgan fingerprint density at radius 2 is 2.46 bits per heavy atom. The summed E-state index contributed by atoms with van der Waals surface area (Å²) in [6.07, 6.45) is 0.855. The maximum absolute atomic E-state index is 11.4. The van der Waals surface area contributed by atoms with E-state index in [9.17, 15) is 9.59 Å². The third kappa shape index (κ3) is 2.42. The molecule has 0 radical (unpaired) electrons. The Balaban J connectivity index is 2.70. The highest BCUT2D eigenvalue weighted by Gasteiger charge is 2.12. The lowest BCUT2D eigenvalue weighted by Gasteiger charge is -2.09. The van der Waals surface area contributed by atoms with Crippen LogP contribution in [0.3, 0.4) is 0 Å². The Morgan fingerprint density at radius 1 is 1.77 bits per heavy atom. The molecule has 1 amide bonds. The fraction of sp³-hybridized carbons (Fsp3) is 0.500. The van der Waals surface area contributed by atoms with E-state index in [2.05, 4.69) is 9.69 Å². The molecule has 0 bridgehead atoms. The molecule has 1 aromatic heterocycles. The van der Waals surface area contributed by atoms with Crippen LogP contribution in [0.25, 0.3) is 0 Å². The van der Waals surface area contributed by atoms with Crippen molar-refractivity contribution < 1.29 is 4.79 Å². The van der Waals surface area contributed by atoms with Gasteiger partial charge in [0.1, 0.15) is 5.56 Å². The van der Waals surface area contributed by atoms with E-state index in [1.807, 2.05) is 13.8 Å². The molecular formula is C8H12N2O2S. The van der Waals surface area contributed by atoms with Gasteiger partial charge in [0.15, 0.2) is 0 Å². The zero-order chi connectivity index (χ0) is 9.84. The largest absolute Gasteiger partial charge is 0.349 e. The number of aromatic amines is 1. The van der Waals surface area contributed by atoms with Gasteiger partial charge in [-0.15, -0.1) is 0 Å². The maximum atomic E-state index is 11.4. The van der Waals surface area contributed by atoms with Crippen LogP contribution in [0.15, 0.2) is 10.2 Å². The molecule has 0 fully saturated rings. The Morgan fingerprint density at radius 3 is 2.92 bits per heavy atom. The molecule has 72 valence electrons. The van der Waals surface area contributed by atoms with Crippen molar-refractivity contribution >= 4 is 17.4 Å². The van der Waals surface area contributed by atoms with Crippen molar-refractivity contribution in [3.8, 4) is 0 Å². The van der Waals surface area contributed by atoms with Gasteiger partial charge < -0.3 is 5.32 Å². The molecule has 2 N–H and O–H groups in total. The molecule has 0 aliphatic carbocycles.